The minimum atomic E-state index is -0.656. The Morgan fingerprint density at radius 3 is 1.60 bits per heavy atom. The van der Waals surface area contributed by atoms with E-state index in [9.17, 15) is 0 Å². The van der Waals surface area contributed by atoms with E-state index in [1.54, 1.807) is 0 Å². The lowest BCUT2D eigenvalue weighted by atomic mass is 9.62. The van der Waals surface area contributed by atoms with Crippen LogP contribution in [0.2, 0.25) is 0 Å². The van der Waals surface area contributed by atoms with E-state index in [2.05, 4.69) is 161 Å². The Morgan fingerprint density at radius 1 is 0.385 bits per heavy atom. The summed E-state index contributed by atoms with van der Waals surface area (Å²) in [5.41, 5.74) is 11.6. The van der Waals surface area contributed by atoms with Crippen molar-refractivity contribution in [2.75, 3.05) is 0 Å². The number of rotatable bonds is 3. The molecule has 0 aliphatic carbocycles. The molecule has 244 valence electrons. The van der Waals surface area contributed by atoms with Crippen LogP contribution in [0.3, 0.4) is 0 Å². The molecule has 0 amide bonds. The van der Waals surface area contributed by atoms with Crippen molar-refractivity contribution < 1.29 is 9.47 Å². The first-order chi connectivity index (χ1) is 25.8. The molecular weight excluding hydrogens is 637 g/mol. The molecule has 0 saturated carbocycles. The summed E-state index contributed by atoms with van der Waals surface area (Å²) in [6, 6.07) is 60.3. The lowest BCUT2D eigenvalue weighted by Crippen LogP contribution is -2.36. The van der Waals surface area contributed by atoms with Crippen molar-refractivity contribution in [2.24, 2.45) is 0 Å². The summed E-state index contributed by atoms with van der Waals surface area (Å²) >= 11 is 0. The molecule has 2 aliphatic rings. The van der Waals surface area contributed by atoms with Gasteiger partial charge in [-0.25, -0.2) is 0 Å². The first-order valence-corrected chi connectivity index (χ1v) is 17.6. The molecule has 7 aromatic carbocycles. The largest absolute Gasteiger partial charge is 0.457 e. The van der Waals surface area contributed by atoms with Crippen LogP contribution in [0, 0.1) is 0 Å². The number of fused-ring (bicyclic) bond motifs is 11. The SMILES string of the molecule is c1ccc(-n2c3ccccc3c3cc(-c4ccc5c(c4)Oc4ccccc4C54c5ccccc5Oc5cc(-c6ccncc6)ccc54)ccc32)cc1. The third-order valence-corrected chi connectivity index (χ3v) is 10.8. The van der Waals surface area contributed by atoms with Crippen molar-refractivity contribution in [2.45, 2.75) is 5.41 Å². The lowest BCUT2D eigenvalue weighted by Gasteiger charge is -2.45. The summed E-state index contributed by atoms with van der Waals surface area (Å²) < 4.78 is 16.0. The summed E-state index contributed by atoms with van der Waals surface area (Å²) in [5.74, 6) is 3.35. The average molecular weight is 667 g/mol. The standard InChI is InChI=1S/C48H30N2O2/c1-2-10-35(11-3-1)50-42-15-7-4-12-36(42)37-28-32(20-23-43(37)50)34-19-22-41-47(30-34)52-45-17-9-6-14-39(45)48(41)38-13-5-8-16-44(38)51-46-29-33(18-21-40(46)48)31-24-26-49-27-25-31/h1-30H. The topological polar surface area (TPSA) is 36.3 Å². The number of hydrogen-bond acceptors (Lipinski definition) is 3. The van der Waals surface area contributed by atoms with Crippen molar-refractivity contribution in [3.63, 3.8) is 0 Å². The maximum atomic E-state index is 6.86. The number of aromatic nitrogens is 2. The van der Waals surface area contributed by atoms with Crippen LogP contribution in [-0.2, 0) is 5.41 Å². The third-order valence-electron chi connectivity index (χ3n) is 10.8. The zero-order chi connectivity index (χ0) is 34.2. The molecule has 0 radical (unpaired) electrons. The molecule has 0 fully saturated rings. The van der Waals surface area contributed by atoms with Gasteiger partial charge in [-0.2, -0.15) is 0 Å². The number of hydrogen-bond donors (Lipinski definition) is 0. The van der Waals surface area contributed by atoms with E-state index in [0.29, 0.717) is 0 Å². The molecule has 0 bridgehead atoms. The Bertz CT molecular complexity index is 2850. The lowest BCUT2D eigenvalue weighted by molar-refractivity contribution is 0.399. The maximum Gasteiger partial charge on any atom is 0.132 e. The molecule has 1 unspecified atom stereocenters. The van der Waals surface area contributed by atoms with Gasteiger partial charge in [0.15, 0.2) is 0 Å². The summed E-state index contributed by atoms with van der Waals surface area (Å²) in [6.07, 6.45) is 3.65. The van der Waals surface area contributed by atoms with E-state index in [0.717, 1.165) is 73.2 Å². The Morgan fingerprint density at radius 2 is 0.904 bits per heavy atom. The van der Waals surface area contributed by atoms with Crippen LogP contribution in [-0.4, -0.2) is 9.55 Å². The molecule has 1 spiro atoms. The molecule has 4 heterocycles. The van der Waals surface area contributed by atoms with Crippen LogP contribution in [0.5, 0.6) is 23.0 Å². The first-order valence-electron chi connectivity index (χ1n) is 17.6. The second-order valence-corrected chi connectivity index (χ2v) is 13.5. The van der Waals surface area contributed by atoms with Gasteiger partial charge in [0.2, 0.25) is 0 Å². The second kappa shape index (κ2) is 11.0. The molecule has 11 rings (SSSR count). The van der Waals surface area contributed by atoms with Crippen LogP contribution in [0.15, 0.2) is 182 Å². The highest BCUT2D eigenvalue weighted by Gasteiger charge is 2.50. The van der Waals surface area contributed by atoms with Gasteiger partial charge < -0.3 is 14.0 Å². The highest BCUT2D eigenvalue weighted by atomic mass is 16.5. The summed E-state index contributed by atoms with van der Waals surface area (Å²) in [5, 5.41) is 2.45. The fourth-order valence-corrected chi connectivity index (χ4v) is 8.58. The highest BCUT2D eigenvalue weighted by molar-refractivity contribution is 6.10. The van der Waals surface area contributed by atoms with Gasteiger partial charge in [-0.3, -0.25) is 4.98 Å². The van der Waals surface area contributed by atoms with E-state index in [-0.39, 0.29) is 0 Å². The first kappa shape index (κ1) is 28.9. The number of para-hydroxylation sites is 4. The molecule has 52 heavy (non-hydrogen) atoms. The van der Waals surface area contributed by atoms with Gasteiger partial charge >= 0.3 is 0 Å². The van der Waals surface area contributed by atoms with E-state index in [1.165, 1.54) is 21.8 Å². The quantitative estimate of drug-likeness (QED) is 0.188. The van der Waals surface area contributed by atoms with Crippen LogP contribution < -0.4 is 9.47 Å². The number of ether oxygens (including phenoxy) is 2. The smallest absolute Gasteiger partial charge is 0.132 e. The van der Waals surface area contributed by atoms with E-state index in [4.69, 9.17) is 9.47 Å². The van der Waals surface area contributed by atoms with Crippen LogP contribution in [0.4, 0.5) is 0 Å². The predicted octanol–water partition coefficient (Wildman–Crippen LogP) is 12.1. The van der Waals surface area contributed by atoms with Crippen LogP contribution in [0.25, 0.3) is 49.7 Å². The van der Waals surface area contributed by atoms with Gasteiger partial charge in [-0.1, -0.05) is 103 Å². The Balaban J connectivity index is 1.13. The second-order valence-electron chi connectivity index (χ2n) is 13.5. The Kier molecular flexibility index (Phi) is 6.13. The predicted molar refractivity (Wildman–Crippen MR) is 208 cm³/mol. The van der Waals surface area contributed by atoms with Crippen LogP contribution in [0.1, 0.15) is 22.3 Å². The van der Waals surface area contributed by atoms with Gasteiger partial charge in [-0.05, 0) is 89.0 Å². The molecule has 1 atom stereocenters. The number of nitrogens with zero attached hydrogens (tertiary/aromatic N) is 2. The number of pyridine rings is 1. The Labute approximate surface area is 300 Å². The molecule has 9 aromatic rings. The molecule has 4 nitrogen and oxygen atoms in total. The summed E-state index contributed by atoms with van der Waals surface area (Å²) in [7, 11) is 0. The fraction of sp³-hybridized carbons (Fsp3) is 0.0208. The third kappa shape index (κ3) is 4.06. The van der Waals surface area contributed by atoms with Crippen molar-refractivity contribution >= 4 is 21.8 Å². The van der Waals surface area contributed by atoms with E-state index in [1.807, 2.05) is 30.6 Å². The van der Waals surface area contributed by atoms with Crippen molar-refractivity contribution in [1.29, 1.82) is 0 Å². The zero-order valence-corrected chi connectivity index (χ0v) is 28.0. The molecular formula is C48H30N2O2. The van der Waals surface area contributed by atoms with Crippen molar-refractivity contribution in [3.05, 3.63) is 205 Å². The molecule has 2 aliphatic heterocycles. The van der Waals surface area contributed by atoms with E-state index < -0.39 is 5.41 Å². The highest BCUT2D eigenvalue weighted by Crippen LogP contribution is 2.62. The molecule has 4 heteroatoms. The fourth-order valence-electron chi connectivity index (χ4n) is 8.58. The van der Waals surface area contributed by atoms with Gasteiger partial charge in [0, 0.05) is 51.1 Å². The van der Waals surface area contributed by atoms with Gasteiger partial charge in [0.1, 0.15) is 23.0 Å². The molecule has 2 aromatic heterocycles. The van der Waals surface area contributed by atoms with Crippen molar-refractivity contribution in [1.82, 2.24) is 9.55 Å². The summed E-state index contributed by atoms with van der Waals surface area (Å²) in [6.45, 7) is 0. The average Bonchev–Trinajstić information content (AvgIpc) is 3.55. The zero-order valence-electron chi connectivity index (χ0n) is 28.0. The van der Waals surface area contributed by atoms with Gasteiger partial charge in [-0.15, -0.1) is 0 Å². The minimum absolute atomic E-state index is 0.656. The Hall–Kier alpha value is -6.91. The summed E-state index contributed by atoms with van der Waals surface area (Å²) in [4.78, 5) is 4.23. The molecule has 0 saturated heterocycles. The molecule has 0 N–H and O–H groups in total. The van der Waals surface area contributed by atoms with Crippen LogP contribution >= 0.6 is 0 Å². The normalized spacial score (nSPS) is 15.3. The maximum absolute atomic E-state index is 6.86. The minimum Gasteiger partial charge on any atom is -0.457 e. The van der Waals surface area contributed by atoms with Gasteiger partial charge in [0.25, 0.3) is 0 Å². The van der Waals surface area contributed by atoms with Gasteiger partial charge in [0.05, 0.1) is 16.4 Å². The van der Waals surface area contributed by atoms with E-state index >= 15 is 0 Å². The monoisotopic (exact) mass is 666 g/mol. The number of benzene rings is 7. The van der Waals surface area contributed by atoms with Crippen molar-refractivity contribution in [3.8, 4) is 50.9 Å².